The molecule has 38 heavy (non-hydrogen) atoms. The van der Waals surface area contributed by atoms with Crippen LogP contribution in [-0.4, -0.2) is 9.85 Å². The van der Waals surface area contributed by atoms with Gasteiger partial charge in [0.05, 0.1) is 22.0 Å². The molecule has 192 valence electrons. The van der Waals surface area contributed by atoms with Crippen molar-refractivity contribution in [2.75, 3.05) is 0 Å². The molecule has 2 unspecified atom stereocenters. The van der Waals surface area contributed by atoms with Gasteiger partial charge in [-0.05, 0) is 78.6 Å². The zero-order chi connectivity index (χ0) is 26.5. The first-order valence-corrected chi connectivity index (χ1v) is 12.5. The van der Waals surface area contributed by atoms with Gasteiger partial charge in [0, 0.05) is 12.1 Å². The topological polar surface area (TPSA) is 105 Å². The number of rotatable bonds is 8. The summed E-state index contributed by atoms with van der Waals surface area (Å²) in [4.78, 5) is 21.1. The molecule has 5 rings (SSSR count). The normalized spacial score (nSPS) is 16.9. The van der Waals surface area contributed by atoms with E-state index in [1.54, 1.807) is 24.3 Å². The summed E-state index contributed by atoms with van der Waals surface area (Å²) in [5, 5.41) is 22.0. The van der Waals surface area contributed by atoms with Crippen LogP contribution in [0.4, 0.5) is 11.4 Å². The van der Waals surface area contributed by atoms with E-state index < -0.39 is 9.85 Å². The Morgan fingerprint density at radius 3 is 1.39 bits per heavy atom. The van der Waals surface area contributed by atoms with E-state index in [1.807, 2.05) is 24.3 Å². The summed E-state index contributed by atoms with van der Waals surface area (Å²) in [5.74, 6) is 3.01. The number of nitro benzene ring substituents is 2. The molecule has 0 heterocycles. The molecule has 0 aliphatic heterocycles. The van der Waals surface area contributed by atoms with Crippen molar-refractivity contribution in [1.29, 1.82) is 0 Å². The van der Waals surface area contributed by atoms with Crippen LogP contribution in [0.15, 0.2) is 97.1 Å². The molecule has 1 aliphatic carbocycles. The van der Waals surface area contributed by atoms with Crippen LogP contribution in [0.2, 0.25) is 0 Å². The van der Waals surface area contributed by atoms with Crippen molar-refractivity contribution in [2.45, 2.75) is 37.5 Å². The second-order valence-corrected chi connectivity index (χ2v) is 9.41. The van der Waals surface area contributed by atoms with Crippen LogP contribution < -0.4 is 9.47 Å². The van der Waals surface area contributed by atoms with Gasteiger partial charge in [0.15, 0.2) is 0 Å². The number of nitro groups is 2. The quantitative estimate of drug-likeness (QED) is 0.174. The van der Waals surface area contributed by atoms with E-state index in [1.165, 1.54) is 35.4 Å². The minimum absolute atomic E-state index is 0.00370. The van der Waals surface area contributed by atoms with Crippen LogP contribution >= 0.6 is 0 Å². The van der Waals surface area contributed by atoms with Crippen molar-refractivity contribution in [3.63, 3.8) is 0 Å². The van der Waals surface area contributed by atoms with Crippen molar-refractivity contribution in [3.8, 4) is 23.0 Å². The van der Waals surface area contributed by atoms with Crippen molar-refractivity contribution >= 4 is 11.4 Å². The largest absolute Gasteiger partial charge is 0.457 e. The fraction of sp³-hybridized carbons (Fsp3) is 0.200. The molecule has 8 heteroatoms. The molecule has 0 bridgehead atoms. The highest BCUT2D eigenvalue weighted by molar-refractivity contribution is 5.42. The number of ether oxygens (including phenoxy) is 2. The monoisotopic (exact) mass is 510 g/mol. The molecule has 8 nitrogen and oxygen atoms in total. The molecule has 4 aromatic carbocycles. The molecule has 0 amide bonds. The Morgan fingerprint density at radius 1 is 0.579 bits per heavy atom. The number of hydrogen-bond acceptors (Lipinski definition) is 6. The first-order valence-electron chi connectivity index (χ1n) is 12.5. The summed E-state index contributed by atoms with van der Waals surface area (Å²) >= 11 is 0. The van der Waals surface area contributed by atoms with Crippen LogP contribution in [0.1, 0.15) is 48.6 Å². The maximum absolute atomic E-state index is 11.0. The zero-order valence-corrected chi connectivity index (χ0v) is 20.6. The lowest BCUT2D eigenvalue weighted by Gasteiger charge is -2.30. The predicted octanol–water partition coefficient (Wildman–Crippen LogP) is 8.53. The third-order valence-electron chi connectivity index (χ3n) is 6.91. The van der Waals surface area contributed by atoms with E-state index in [2.05, 4.69) is 24.3 Å². The highest BCUT2D eigenvalue weighted by Crippen LogP contribution is 2.42. The Bertz CT molecular complexity index is 1330. The van der Waals surface area contributed by atoms with Crippen molar-refractivity contribution < 1.29 is 19.3 Å². The molecule has 2 atom stereocenters. The average Bonchev–Trinajstić information content (AvgIpc) is 2.94. The number of hydrogen-bond donors (Lipinski definition) is 0. The van der Waals surface area contributed by atoms with Crippen molar-refractivity contribution in [1.82, 2.24) is 0 Å². The van der Waals surface area contributed by atoms with Gasteiger partial charge in [-0.3, -0.25) is 20.2 Å². The maximum atomic E-state index is 11.0. The average molecular weight is 511 g/mol. The van der Waals surface area contributed by atoms with Crippen LogP contribution in [0.3, 0.4) is 0 Å². The standard InChI is InChI=1S/C30H26N2O6/c33-31(34)25-6-2-8-29(19-25)37-27-14-10-21(11-15-27)23-4-1-5-24(18-23)22-12-16-28(17-13-22)38-30-9-3-7-26(20-30)32(35)36/h2-3,6-17,19-20,23-24H,1,4-5,18H2. The molecule has 1 saturated carbocycles. The van der Waals surface area contributed by atoms with Gasteiger partial charge in [0.2, 0.25) is 0 Å². The Labute approximate surface area is 219 Å². The molecule has 0 aromatic heterocycles. The molecular formula is C30H26N2O6. The lowest BCUT2D eigenvalue weighted by molar-refractivity contribution is -0.385. The Hall–Kier alpha value is -4.72. The second kappa shape index (κ2) is 11.1. The molecular weight excluding hydrogens is 484 g/mol. The van der Waals surface area contributed by atoms with Gasteiger partial charge in [-0.1, -0.05) is 42.8 Å². The van der Waals surface area contributed by atoms with Gasteiger partial charge < -0.3 is 9.47 Å². The van der Waals surface area contributed by atoms with E-state index >= 15 is 0 Å². The van der Waals surface area contributed by atoms with Gasteiger partial charge in [-0.25, -0.2) is 0 Å². The number of nitrogens with zero attached hydrogens (tertiary/aromatic N) is 2. The molecule has 1 fully saturated rings. The molecule has 1 aliphatic rings. The summed E-state index contributed by atoms with van der Waals surface area (Å²) in [5.41, 5.74) is 2.51. The highest BCUT2D eigenvalue weighted by atomic mass is 16.6. The lowest BCUT2D eigenvalue weighted by Crippen LogP contribution is -2.13. The fourth-order valence-electron chi connectivity index (χ4n) is 5.00. The van der Waals surface area contributed by atoms with Crippen LogP contribution in [0.5, 0.6) is 23.0 Å². The van der Waals surface area contributed by atoms with Gasteiger partial charge in [0.1, 0.15) is 23.0 Å². The SMILES string of the molecule is O=[N+]([O-])c1cccc(Oc2ccc(C3CCCC(c4ccc(Oc5cccc([N+](=O)[O-])c5)cc4)C3)cc2)c1. The van der Waals surface area contributed by atoms with E-state index in [9.17, 15) is 20.2 Å². The summed E-state index contributed by atoms with van der Waals surface area (Å²) in [7, 11) is 0. The van der Waals surface area contributed by atoms with Crippen LogP contribution in [0, 0.1) is 20.2 Å². The van der Waals surface area contributed by atoms with E-state index in [4.69, 9.17) is 9.47 Å². The second-order valence-electron chi connectivity index (χ2n) is 9.41. The van der Waals surface area contributed by atoms with Gasteiger partial charge in [-0.15, -0.1) is 0 Å². The fourth-order valence-corrected chi connectivity index (χ4v) is 5.00. The zero-order valence-electron chi connectivity index (χ0n) is 20.6. The van der Waals surface area contributed by atoms with Crippen LogP contribution in [0.25, 0.3) is 0 Å². The van der Waals surface area contributed by atoms with Crippen molar-refractivity contribution in [3.05, 3.63) is 128 Å². The minimum atomic E-state index is -0.437. The first-order chi connectivity index (χ1) is 18.4. The van der Waals surface area contributed by atoms with E-state index in [0.717, 1.165) is 25.7 Å². The highest BCUT2D eigenvalue weighted by Gasteiger charge is 2.24. The number of benzene rings is 4. The molecule has 0 saturated heterocycles. The Balaban J connectivity index is 1.21. The molecule has 0 radical (unpaired) electrons. The van der Waals surface area contributed by atoms with E-state index in [-0.39, 0.29) is 11.4 Å². The van der Waals surface area contributed by atoms with E-state index in [0.29, 0.717) is 34.8 Å². The summed E-state index contributed by atoms with van der Waals surface area (Å²) in [6.45, 7) is 0. The predicted molar refractivity (Wildman–Crippen MR) is 143 cm³/mol. The Kier molecular flexibility index (Phi) is 7.31. The van der Waals surface area contributed by atoms with Crippen LogP contribution in [-0.2, 0) is 0 Å². The lowest BCUT2D eigenvalue weighted by atomic mass is 9.75. The molecule has 0 N–H and O–H groups in total. The van der Waals surface area contributed by atoms with Crippen molar-refractivity contribution in [2.24, 2.45) is 0 Å². The molecule has 0 spiro atoms. The Morgan fingerprint density at radius 2 is 1.00 bits per heavy atom. The summed E-state index contributed by atoms with van der Waals surface area (Å²) in [6.07, 6.45) is 4.41. The minimum Gasteiger partial charge on any atom is -0.457 e. The van der Waals surface area contributed by atoms with Gasteiger partial charge in [0.25, 0.3) is 11.4 Å². The summed E-state index contributed by atoms with van der Waals surface area (Å²) in [6, 6.07) is 28.3. The van der Waals surface area contributed by atoms with Gasteiger partial charge >= 0.3 is 0 Å². The maximum Gasteiger partial charge on any atom is 0.273 e. The number of non-ortho nitro benzene ring substituents is 2. The summed E-state index contributed by atoms with van der Waals surface area (Å²) < 4.78 is 11.6. The third-order valence-corrected chi connectivity index (χ3v) is 6.91. The third kappa shape index (κ3) is 5.98. The molecule has 4 aromatic rings. The first kappa shape index (κ1) is 25.0. The van der Waals surface area contributed by atoms with Gasteiger partial charge in [-0.2, -0.15) is 0 Å². The smallest absolute Gasteiger partial charge is 0.273 e.